The molecule has 0 bridgehead atoms. The highest BCUT2D eigenvalue weighted by Crippen LogP contribution is 2.49. The van der Waals surface area contributed by atoms with E-state index in [1.165, 1.54) is 58.8 Å². The Labute approximate surface area is 370 Å². The summed E-state index contributed by atoms with van der Waals surface area (Å²) in [6.45, 7) is 0. The molecule has 0 fully saturated rings. The molecular formula is C59H40N2OS. The second-order valence-electron chi connectivity index (χ2n) is 16.1. The van der Waals surface area contributed by atoms with E-state index in [1.807, 2.05) is 17.4 Å². The standard InChI is InChI=1S/C59H40N2OS/c1-4-14-39(15-5-1)41-28-31-48(32-29-41)61(49-23-12-22-45(35-49)46-27-26-40-16-10-11-21-44(40)34-46)54-33-30-47(36-51(54)42-17-6-2-7-18-42)50-24-13-25-56-58(50)52-37-55-53(38-57(52)63-56)60-59(62-55)43-19-8-3-9-20-43/h1-38,59-60H. The summed E-state index contributed by atoms with van der Waals surface area (Å²) in [4.78, 5) is 2.42. The lowest BCUT2D eigenvalue weighted by atomic mass is 9.93. The molecule has 298 valence electrons. The minimum Gasteiger partial charge on any atom is -0.464 e. The predicted octanol–water partition coefficient (Wildman–Crippen LogP) is 16.8. The summed E-state index contributed by atoms with van der Waals surface area (Å²) >= 11 is 1.83. The number of thiophene rings is 1. The summed E-state index contributed by atoms with van der Waals surface area (Å²) in [6.07, 6.45) is -0.213. The lowest BCUT2D eigenvalue weighted by Gasteiger charge is -2.29. The van der Waals surface area contributed by atoms with Crippen LogP contribution in [0, 0.1) is 0 Å². The number of ether oxygens (including phenoxy) is 1. The smallest absolute Gasteiger partial charge is 0.196 e. The Morgan fingerprint density at radius 1 is 0.413 bits per heavy atom. The number of rotatable bonds is 8. The van der Waals surface area contributed by atoms with E-state index in [1.54, 1.807) is 0 Å². The van der Waals surface area contributed by atoms with Crippen molar-refractivity contribution in [3.05, 3.63) is 236 Å². The lowest BCUT2D eigenvalue weighted by Crippen LogP contribution is -2.11. The minimum atomic E-state index is -0.213. The van der Waals surface area contributed by atoms with Crippen LogP contribution in [0.2, 0.25) is 0 Å². The van der Waals surface area contributed by atoms with E-state index in [4.69, 9.17) is 4.74 Å². The lowest BCUT2D eigenvalue weighted by molar-refractivity contribution is 0.260. The Morgan fingerprint density at radius 2 is 1.06 bits per heavy atom. The maximum absolute atomic E-state index is 6.54. The van der Waals surface area contributed by atoms with Crippen LogP contribution in [0.15, 0.2) is 231 Å². The van der Waals surface area contributed by atoms with Crippen LogP contribution < -0.4 is 15.0 Å². The van der Waals surface area contributed by atoms with Crippen LogP contribution in [-0.2, 0) is 0 Å². The van der Waals surface area contributed by atoms with Gasteiger partial charge < -0.3 is 15.0 Å². The van der Waals surface area contributed by atoms with Crippen LogP contribution in [0.4, 0.5) is 22.7 Å². The van der Waals surface area contributed by atoms with Crippen LogP contribution in [0.5, 0.6) is 5.75 Å². The molecule has 0 aliphatic carbocycles. The average Bonchev–Trinajstić information content (AvgIpc) is 3.95. The van der Waals surface area contributed by atoms with Crippen molar-refractivity contribution >= 4 is 65.0 Å². The second kappa shape index (κ2) is 15.5. The van der Waals surface area contributed by atoms with Gasteiger partial charge in [-0.05, 0) is 110 Å². The summed E-state index contributed by atoms with van der Waals surface area (Å²) in [5.41, 5.74) is 14.8. The molecule has 2 heterocycles. The van der Waals surface area contributed by atoms with Crippen LogP contribution in [-0.4, -0.2) is 0 Å². The van der Waals surface area contributed by atoms with Gasteiger partial charge in [-0.1, -0.05) is 170 Å². The molecule has 0 saturated carbocycles. The van der Waals surface area contributed by atoms with E-state index in [9.17, 15) is 0 Å². The fourth-order valence-electron chi connectivity index (χ4n) is 9.18. The topological polar surface area (TPSA) is 24.5 Å². The number of nitrogens with one attached hydrogen (secondary N) is 1. The Hall–Kier alpha value is -7.92. The van der Waals surface area contributed by atoms with Gasteiger partial charge in [0.2, 0.25) is 0 Å². The minimum absolute atomic E-state index is 0.213. The Morgan fingerprint density at radius 3 is 1.87 bits per heavy atom. The van der Waals surface area contributed by atoms with Crippen LogP contribution in [0.3, 0.4) is 0 Å². The number of benzene rings is 10. The van der Waals surface area contributed by atoms with E-state index in [0.29, 0.717) is 0 Å². The van der Waals surface area contributed by atoms with Crippen molar-refractivity contribution in [2.45, 2.75) is 6.23 Å². The maximum Gasteiger partial charge on any atom is 0.196 e. The molecule has 12 rings (SSSR count). The van der Waals surface area contributed by atoms with Gasteiger partial charge in [0.15, 0.2) is 6.23 Å². The maximum atomic E-state index is 6.54. The van der Waals surface area contributed by atoms with Gasteiger partial charge >= 0.3 is 0 Å². The summed E-state index contributed by atoms with van der Waals surface area (Å²) in [7, 11) is 0. The molecule has 11 aromatic rings. The van der Waals surface area contributed by atoms with Crippen LogP contribution in [0.1, 0.15) is 11.8 Å². The van der Waals surface area contributed by atoms with E-state index in [2.05, 4.69) is 235 Å². The normalized spacial score (nSPS) is 13.2. The number of fused-ring (bicyclic) bond motifs is 5. The third kappa shape index (κ3) is 6.78. The first-order valence-electron chi connectivity index (χ1n) is 21.4. The zero-order chi connectivity index (χ0) is 41.7. The first-order valence-corrected chi connectivity index (χ1v) is 22.2. The van der Waals surface area contributed by atoms with E-state index in [-0.39, 0.29) is 6.23 Å². The predicted molar refractivity (Wildman–Crippen MR) is 267 cm³/mol. The molecule has 1 aliphatic heterocycles. The third-order valence-corrected chi connectivity index (χ3v) is 13.4. The fraction of sp³-hybridized carbons (Fsp3) is 0.0169. The molecule has 0 spiro atoms. The Balaban J connectivity index is 1.01. The van der Waals surface area contributed by atoms with Crippen molar-refractivity contribution in [3.63, 3.8) is 0 Å². The Bertz CT molecular complexity index is 3450. The van der Waals surface area contributed by atoms with Gasteiger partial charge in [0.1, 0.15) is 5.75 Å². The molecule has 1 aliphatic rings. The molecule has 3 nitrogen and oxygen atoms in total. The first kappa shape index (κ1) is 36.9. The number of hydrogen-bond donors (Lipinski definition) is 1. The molecule has 1 atom stereocenters. The molecule has 63 heavy (non-hydrogen) atoms. The van der Waals surface area contributed by atoms with E-state index in [0.717, 1.165) is 50.8 Å². The van der Waals surface area contributed by atoms with Crippen LogP contribution in [0.25, 0.3) is 75.5 Å². The number of nitrogens with zero attached hydrogens (tertiary/aromatic N) is 1. The third-order valence-electron chi connectivity index (χ3n) is 12.3. The zero-order valence-electron chi connectivity index (χ0n) is 34.3. The molecule has 0 saturated heterocycles. The van der Waals surface area contributed by atoms with Gasteiger partial charge in [-0.3, -0.25) is 0 Å². The van der Waals surface area contributed by atoms with Crippen molar-refractivity contribution in [1.82, 2.24) is 0 Å². The Kier molecular flexibility index (Phi) is 9.09. The molecular weight excluding hydrogens is 785 g/mol. The van der Waals surface area contributed by atoms with Crippen molar-refractivity contribution in [2.75, 3.05) is 10.2 Å². The summed E-state index contributed by atoms with van der Waals surface area (Å²) < 4.78 is 9.03. The molecule has 1 unspecified atom stereocenters. The van der Waals surface area contributed by atoms with Crippen molar-refractivity contribution in [3.8, 4) is 50.3 Å². The summed E-state index contributed by atoms with van der Waals surface area (Å²) in [5.74, 6) is 0.881. The molecule has 1 N–H and O–H groups in total. The van der Waals surface area contributed by atoms with Gasteiger partial charge in [-0.15, -0.1) is 11.3 Å². The molecule has 0 amide bonds. The molecule has 4 heteroatoms. The average molecular weight is 825 g/mol. The molecule has 10 aromatic carbocycles. The second-order valence-corrected chi connectivity index (χ2v) is 17.2. The first-order chi connectivity index (χ1) is 31.2. The van der Waals surface area contributed by atoms with Crippen LogP contribution >= 0.6 is 11.3 Å². The quantitative estimate of drug-likeness (QED) is 0.165. The van der Waals surface area contributed by atoms with Crippen molar-refractivity contribution < 1.29 is 4.74 Å². The number of hydrogen-bond acceptors (Lipinski definition) is 4. The SMILES string of the molecule is c1ccc(-c2ccc(N(c3cccc(-c4ccc5ccccc5c4)c3)c3ccc(-c4cccc5sc6cc7c(cc6c45)OC(c4ccccc4)N7)cc3-c3ccccc3)cc2)cc1. The molecule has 0 radical (unpaired) electrons. The largest absolute Gasteiger partial charge is 0.464 e. The van der Waals surface area contributed by atoms with Gasteiger partial charge in [0, 0.05) is 42.7 Å². The van der Waals surface area contributed by atoms with Gasteiger partial charge in [-0.2, -0.15) is 0 Å². The zero-order valence-corrected chi connectivity index (χ0v) is 35.1. The van der Waals surface area contributed by atoms with Crippen molar-refractivity contribution in [2.24, 2.45) is 0 Å². The highest BCUT2D eigenvalue weighted by Gasteiger charge is 2.26. The van der Waals surface area contributed by atoms with Gasteiger partial charge in [0.05, 0.1) is 11.4 Å². The van der Waals surface area contributed by atoms with Gasteiger partial charge in [0.25, 0.3) is 0 Å². The highest BCUT2D eigenvalue weighted by molar-refractivity contribution is 7.26. The van der Waals surface area contributed by atoms with Gasteiger partial charge in [-0.25, -0.2) is 0 Å². The molecule has 1 aromatic heterocycles. The van der Waals surface area contributed by atoms with Crippen molar-refractivity contribution in [1.29, 1.82) is 0 Å². The number of anilines is 4. The summed E-state index contributed by atoms with van der Waals surface area (Å²) in [6, 6.07) is 83.2. The van der Waals surface area contributed by atoms with E-state index >= 15 is 0 Å². The monoisotopic (exact) mass is 824 g/mol. The summed E-state index contributed by atoms with van der Waals surface area (Å²) in [5, 5.41) is 8.53. The van der Waals surface area contributed by atoms with E-state index < -0.39 is 0 Å². The highest BCUT2D eigenvalue weighted by atomic mass is 32.1. The fourth-order valence-corrected chi connectivity index (χ4v) is 10.3.